The first kappa shape index (κ1) is 14.1. The Morgan fingerprint density at radius 1 is 1.41 bits per heavy atom. The molecule has 0 bridgehead atoms. The third-order valence-electron chi connectivity index (χ3n) is 2.80. The van der Waals surface area contributed by atoms with E-state index in [4.69, 9.17) is 4.74 Å². The van der Waals surface area contributed by atoms with Gasteiger partial charge in [-0.05, 0) is 13.3 Å². The molecule has 1 saturated heterocycles. The minimum absolute atomic E-state index is 0.0449. The van der Waals surface area contributed by atoms with Gasteiger partial charge in [-0.2, -0.15) is 0 Å². The van der Waals surface area contributed by atoms with Crippen LogP contribution in [0.2, 0.25) is 0 Å². The summed E-state index contributed by atoms with van der Waals surface area (Å²) < 4.78 is 5.31. The lowest BCUT2D eigenvalue weighted by molar-refractivity contribution is -0.134. The molecule has 1 unspecified atom stereocenters. The number of nitrogens with one attached hydrogen (secondary N) is 1. The van der Waals surface area contributed by atoms with Crippen molar-refractivity contribution in [3.63, 3.8) is 0 Å². The molecule has 0 saturated carbocycles. The average Bonchev–Trinajstić information content (AvgIpc) is 2.30. The van der Waals surface area contributed by atoms with Crippen LogP contribution in [0.3, 0.4) is 0 Å². The van der Waals surface area contributed by atoms with Gasteiger partial charge in [-0.25, -0.2) is 0 Å². The molecule has 0 aromatic heterocycles. The molecule has 0 radical (unpaired) electrons. The Balaban J connectivity index is 2.53. The van der Waals surface area contributed by atoms with Crippen molar-refractivity contribution >= 4 is 11.7 Å². The van der Waals surface area contributed by atoms with Gasteiger partial charge >= 0.3 is 0 Å². The van der Waals surface area contributed by atoms with E-state index in [0.29, 0.717) is 39.3 Å². The van der Waals surface area contributed by atoms with E-state index in [1.165, 1.54) is 0 Å². The van der Waals surface area contributed by atoms with E-state index in [9.17, 15) is 9.59 Å². The van der Waals surface area contributed by atoms with E-state index in [-0.39, 0.29) is 17.7 Å². The molecule has 1 N–H and O–H groups in total. The van der Waals surface area contributed by atoms with Crippen molar-refractivity contribution in [1.82, 2.24) is 10.2 Å². The summed E-state index contributed by atoms with van der Waals surface area (Å²) in [6.45, 7) is 6.45. The minimum atomic E-state index is -0.315. The highest BCUT2D eigenvalue weighted by atomic mass is 16.5. The number of hydrogen-bond donors (Lipinski definition) is 1. The third-order valence-corrected chi connectivity index (χ3v) is 2.80. The molecule has 0 spiro atoms. The second kappa shape index (κ2) is 7.40. The monoisotopic (exact) mass is 242 g/mol. The fourth-order valence-corrected chi connectivity index (χ4v) is 1.95. The lowest BCUT2D eigenvalue weighted by Gasteiger charge is -2.33. The molecule has 17 heavy (non-hydrogen) atoms. The third kappa shape index (κ3) is 4.44. The molecule has 1 rings (SSSR count). The van der Waals surface area contributed by atoms with Crippen LogP contribution in [0.5, 0.6) is 0 Å². The SMILES string of the molecule is CCCC(=O)CN1CCOCC1C(=O)NCC. The van der Waals surface area contributed by atoms with Crippen molar-refractivity contribution in [3.05, 3.63) is 0 Å². The maximum atomic E-state index is 11.8. The molecule has 0 aromatic carbocycles. The Morgan fingerprint density at radius 3 is 2.82 bits per heavy atom. The van der Waals surface area contributed by atoms with E-state index >= 15 is 0 Å². The van der Waals surface area contributed by atoms with Crippen LogP contribution in [0.4, 0.5) is 0 Å². The van der Waals surface area contributed by atoms with Gasteiger partial charge in [0.25, 0.3) is 0 Å². The summed E-state index contributed by atoms with van der Waals surface area (Å²) in [5.41, 5.74) is 0. The molecular formula is C12H22N2O3. The van der Waals surface area contributed by atoms with Gasteiger partial charge in [0.05, 0.1) is 19.8 Å². The van der Waals surface area contributed by atoms with Crippen LogP contribution in [0.15, 0.2) is 0 Å². The van der Waals surface area contributed by atoms with Crippen LogP contribution in [0.1, 0.15) is 26.7 Å². The lowest BCUT2D eigenvalue weighted by Crippen LogP contribution is -2.55. The summed E-state index contributed by atoms with van der Waals surface area (Å²) in [7, 11) is 0. The number of morpholine rings is 1. The smallest absolute Gasteiger partial charge is 0.239 e. The van der Waals surface area contributed by atoms with Gasteiger partial charge in [0, 0.05) is 19.5 Å². The zero-order valence-electron chi connectivity index (χ0n) is 10.7. The second-order valence-electron chi connectivity index (χ2n) is 4.24. The van der Waals surface area contributed by atoms with E-state index < -0.39 is 0 Å². The fraction of sp³-hybridized carbons (Fsp3) is 0.833. The quantitative estimate of drug-likeness (QED) is 0.722. The maximum Gasteiger partial charge on any atom is 0.239 e. The molecule has 1 aliphatic rings. The molecular weight excluding hydrogens is 220 g/mol. The number of nitrogens with zero attached hydrogens (tertiary/aromatic N) is 1. The number of ether oxygens (including phenoxy) is 1. The number of carbonyl (C=O) groups is 2. The normalized spacial score (nSPS) is 21.2. The van der Waals surface area contributed by atoms with Crippen LogP contribution >= 0.6 is 0 Å². The zero-order valence-corrected chi connectivity index (χ0v) is 10.7. The van der Waals surface area contributed by atoms with Crippen LogP contribution in [0.25, 0.3) is 0 Å². The van der Waals surface area contributed by atoms with Crippen LogP contribution in [0, 0.1) is 0 Å². The summed E-state index contributed by atoms with van der Waals surface area (Å²) >= 11 is 0. The fourth-order valence-electron chi connectivity index (χ4n) is 1.95. The standard InChI is InChI=1S/C12H22N2O3/c1-3-5-10(15)8-14-6-7-17-9-11(14)12(16)13-4-2/h11H,3-9H2,1-2H3,(H,13,16). The molecule has 98 valence electrons. The Kier molecular flexibility index (Phi) is 6.15. The average molecular weight is 242 g/mol. The van der Waals surface area contributed by atoms with E-state index in [1.54, 1.807) is 0 Å². The van der Waals surface area contributed by atoms with E-state index in [0.717, 1.165) is 6.42 Å². The van der Waals surface area contributed by atoms with Crippen molar-refractivity contribution in [2.45, 2.75) is 32.7 Å². The molecule has 0 aromatic rings. The van der Waals surface area contributed by atoms with Crippen LogP contribution in [-0.2, 0) is 14.3 Å². The van der Waals surface area contributed by atoms with Crippen molar-refractivity contribution in [2.24, 2.45) is 0 Å². The summed E-state index contributed by atoms with van der Waals surface area (Å²) in [5.74, 6) is 0.153. The van der Waals surface area contributed by atoms with Gasteiger partial charge in [0.1, 0.15) is 11.8 Å². The summed E-state index contributed by atoms with van der Waals surface area (Å²) in [6, 6.07) is -0.315. The highest BCUT2D eigenvalue weighted by Crippen LogP contribution is 2.08. The Labute approximate surface area is 102 Å². The molecule has 1 heterocycles. The van der Waals surface area contributed by atoms with Crippen LogP contribution in [-0.4, -0.2) is 55.5 Å². The molecule has 1 amide bonds. The van der Waals surface area contributed by atoms with Crippen molar-refractivity contribution in [1.29, 1.82) is 0 Å². The minimum Gasteiger partial charge on any atom is -0.378 e. The van der Waals surface area contributed by atoms with Gasteiger partial charge in [0.15, 0.2) is 0 Å². The summed E-state index contributed by atoms with van der Waals surface area (Å²) in [5, 5.41) is 2.78. The number of Topliss-reactive ketones (excluding diaryl/α,β-unsaturated/α-hetero) is 1. The number of hydrogen-bond acceptors (Lipinski definition) is 4. The Hall–Kier alpha value is -0.940. The second-order valence-corrected chi connectivity index (χ2v) is 4.24. The molecule has 5 heteroatoms. The van der Waals surface area contributed by atoms with Crippen LogP contribution < -0.4 is 5.32 Å². The van der Waals surface area contributed by atoms with Crippen molar-refractivity contribution in [2.75, 3.05) is 32.8 Å². The predicted molar refractivity (Wildman–Crippen MR) is 64.8 cm³/mol. The zero-order chi connectivity index (χ0) is 12.7. The summed E-state index contributed by atoms with van der Waals surface area (Å²) in [6.07, 6.45) is 1.44. The summed E-state index contributed by atoms with van der Waals surface area (Å²) in [4.78, 5) is 25.4. The molecule has 0 aliphatic carbocycles. The van der Waals surface area contributed by atoms with E-state index in [2.05, 4.69) is 5.32 Å². The number of carbonyl (C=O) groups excluding carboxylic acids is 2. The first-order valence-electron chi connectivity index (χ1n) is 6.30. The van der Waals surface area contributed by atoms with Gasteiger partial charge < -0.3 is 10.1 Å². The Bertz CT molecular complexity index is 268. The topological polar surface area (TPSA) is 58.6 Å². The lowest BCUT2D eigenvalue weighted by atomic mass is 10.1. The first-order valence-corrected chi connectivity index (χ1v) is 6.30. The number of amides is 1. The Morgan fingerprint density at radius 2 is 2.18 bits per heavy atom. The molecule has 1 fully saturated rings. The number of likely N-dealkylation sites (N-methyl/N-ethyl adjacent to an activating group) is 1. The highest BCUT2D eigenvalue weighted by molar-refractivity contribution is 5.84. The van der Waals surface area contributed by atoms with Crippen molar-refractivity contribution in [3.8, 4) is 0 Å². The van der Waals surface area contributed by atoms with Crippen molar-refractivity contribution < 1.29 is 14.3 Å². The van der Waals surface area contributed by atoms with Gasteiger partial charge in [-0.15, -0.1) is 0 Å². The van der Waals surface area contributed by atoms with Gasteiger partial charge in [0.2, 0.25) is 5.91 Å². The van der Waals surface area contributed by atoms with Gasteiger partial charge in [-0.1, -0.05) is 6.92 Å². The molecule has 5 nitrogen and oxygen atoms in total. The first-order chi connectivity index (χ1) is 8.19. The molecule has 1 atom stereocenters. The molecule has 1 aliphatic heterocycles. The largest absolute Gasteiger partial charge is 0.378 e. The number of rotatable bonds is 6. The number of ketones is 1. The van der Waals surface area contributed by atoms with Gasteiger partial charge in [-0.3, -0.25) is 14.5 Å². The maximum absolute atomic E-state index is 11.8. The predicted octanol–water partition coefficient (Wildman–Crippen LogP) is 0.193. The highest BCUT2D eigenvalue weighted by Gasteiger charge is 2.29. The van der Waals surface area contributed by atoms with E-state index in [1.807, 2.05) is 18.7 Å².